The van der Waals surface area contributed by atoms with Crippen LogP contribution >= 0.6 is 0 Å². The van der Waals surface area contributed by atoms with Gasteiger partial charge < -0.3 is 0 Å². The first-order valence-corrected chi connectivity index (χ1v) is 4.71. The van der Waals surface area contributed by atoms with Crippen LogP contribution in [0.25, 0.3) is 11.3 Å². The molecule has 3 nitrogen and oxygen atoms in total. The van der Waals surface area contributed by atoms with Crippen LogP contribution in [0.15, 0.2) is 30.3 Å². The molecular weight excluding hydrogens is 205 g/mol. The fourth-order valence-electron chi connectivity index (χ4n) is 1.36. The zero-order valence-electron chi connectivity index (χ0n) is 8.61. The standard InChI is InChI=1S/C12H8FN3/c1-8-2-4-10(11(13)6-8)12-5-3-9(7-14)15-16-12/h2-6H,1H3. The highest BCUT2D eigenvalue weighted by atomic mass is 19.1. The topological polar surface area (TPSA) is 49.6 Å². The maximum absolute atomic E-state index is 13.6. The molecule has 0 saturated heterocycles. The van der Waals surface area contributed by atoms with Crippen molar-refractivity contribution in [2.24, 2.45) is 0 Å². The van der Waals surface area contributed by atoms with Crippen LogP contribution in [0.3, 0.4) is 0 Å². The lowest BCUT2D eigenvalue weighted by molar-refractivity contribution is 0.629. The van der Waals surface area contributed by atoms with Gasteiger partial charge in [-0.05, 0) is 36.8 Å². The molecular formula is C12H8FN3. The quantitative estimate of drug-likeness (QED) is 0.731. The molecule has 0 aliphatic carbocycles. The smallest absolute Gasteiger partial charge is 0.163 e. The summed E-state index contributed by atoms with van der Waals surface area (Å²) in [7, 11) is 0. The van der Waals surface area contributed by atoms with Crippen molar-refractivity contribution in [2.75, 3.05) is 0 Å². The largest absolute Gasteiger partial charge is 0.206 e. The number of rotatable bonds is 1. The van der Waals surface area contributed by atoms with E-state index in [9.17, 15) is 4.39 Å². The first kappa shape index (κ1) is 10.2. The summed E-state index contributed by atoms with van der Waals surface area (Å²) in [5, 5.41) is 16.0. The molecule has 78 valence electrons. The van der Waals surface area contributed by atoms with Crippen LogP contribution in [0.5, 0.6) is 0 Å². The summed E-state index contributed by atoms with van der Waals surface area (Å²) in [6, 6.07) is 9.86. The number of hydrogen-bond acceptors (Lipinski definition) is 3. The first-order chi connectivity index (χ1) is 7.70. The normalized spacial score (nSPS) is 9.81. The van der Waals surface area contributed by atoms with Gasteiger partial charge in [0.05, 0.1) is 5.69 Å². The Balaban J connectivity index is 2.47. The van der Waals surface area contributed by atoms with E-state index >= 15 is 0 Å². The van der Waals surface area contributed by atoms with E-state index in [0.29, 0.717) is 11.3 Å². The Morgan fingerprint density at radius 1 is 1.19 bits per heavy atom. The van der Waals surface area contributed by atoms with Gasteiger partial charge in [-0.25, -0.2) is 4.39 Å². The molecule has 0 N–H and O–H groups in total. The van der Waals surface area contributed by atoms with Crippen LogP contribution in [-0.2, 0) is 0 Å². The third-order valence-corrected chi connectivity index (χ3v) is 2.18. The second-order valence-electron chi connectivity index (χ2n) is 3.40. The van der Waals surface area contributed by atoms with Crippen molar-refractivity contribution in [3.05, 3.63) is 47.4 Å². The molecule has 1 aromatic heterocycles. The summed E-state index contributed by atoms with van der Waals surface area (Å²) in [5.74, 6) is -0.334. The number of nitrogens with zero attached hydrogens (tertiary/aromatic N) is 3. The van der Waals surface area contributed by atoms with E-state index in [1.165, 1.54) is 12.1 Å². The van der Waals surface area contributed by atoms with Crippen molar-refractivity contribution in [2.45, 2.75) is 6.92 Å². The number of halogens is 1. The molecule has 0 bridgehead atoms. The van der Waals surface area contributed by atoms with E-state index in [0.717, 1.165) is 5.56 Å². The zero-order valence-corrected chi connectivity index (χ0v) is 8.61. The zero-order chi connectivity index (χ0) is 11.5. The van der Waals surface area contributed by atoms with E-state index in [2.05, 4.69) is 10.2 Å². The monoisotopic (exact) mass is 213 g/mol. The number of nitriles is 1. The molecule has 0 spiro atoms. The summed E-state index contributed by atoms with van der Waals surface area (Å²) >= 11 is 0. The number of aryl methyl sites for hydroxylation is 1. The summed E-state index contributed by atoms with van der Waals surface area (Å²) in [6.45, 7) is 1.82. The van der Waals surface area contributed by atoms with E-state index in [4.69, 9.17) is 5.26 Å². The fourth-order valence-corrected chi connectivity index (χ4v) is 1.36. The van der Waals surface area contributed by atoms with Gasteiger partial charge in [-0.2, -0.15) is 5.26 Å². The Bertz CT molecular complexity index is 555. The average Bonchev–Trinajstić information content (AvgIpc) is 2.29. The van der Waals surface area contributed by atoms with Gasteiger partial charge in [-0.3, -0.25) is 0 Å². The minimum atomic E-state index is -0.334. The Labute approximate surface area is 92.2 Å². The van der Waals surface area contributed by atoms with Crippen LogP contribution in [0, 0.1) is 24.1 Å². The van der Waals surface area contributed by atoms with Gasteiger partial charge in [0.2, 0.25) is 0 Å². The highest BCUT2D eigenvalue weighted by molar-refractivity contribution is 5.59. The average molecular weight is 213 g/mol. The Kier molecular flexibility index (Phi) is 2.61. The second kappa shape index (κ2) is 4.07. The van der Waals surface area contributed by atoms with Gasteiger partial charge >= 0.3 is 0 Å². The molecule has 2 rings (SSSR count). The van der Waals surface area contributed by atoms with Gasteiger partial charge in [0.25, 0.3) is 0 Å². The lowest BCUT2D eigenvalue weighted by atomic mass is 10.1. The first-order valence-electron chi connectivity index (χ1n) is 4.71. The van der Waals surface area contributed by atoms with Crippen LogP contribution in [-0.4, -0.2) is 10.2 Å². The summed E-state index contributed by atoms with van der Waals surface area (Å²) in [5.41, 5.74) is 1.89. The Morgan fingerprint density at radius 2 is 2.00 bits per heavy atom. The van der Waals surface area contributed by atoms with Gasteiger partial charge in [-0.15, -0.1) is 10.2 Å². The Morgan fingerprint density at radius 3 is 2.56 bits per heavy atom. The van der Waals surface area contributed by atoms with E-state index < -0.39 is 0 Å². The molecule has 16 heavy (non-hydrogen) atoms. The summed E-state index contributed by atoms with van der Waals surface area (Å²) in [4.78, 5) is 0. The van der Waals surface area contributed by atoms with Crippen molar-refractivity contribution < 1.29 is 4.39 Å². The predicted molar refractivity (Wildman–Crippen MR) is 56.9 cm³/mol. The van der Waals surface area contributed by atoms with Gasteiger partial charge in [-0.1, -0.05) is 6.07 Å². The van der Waals surface area contributed by atoms with Crippen LogP contribution in [0.4, 0.5) is 4.39 Å². The van der Waals surface area contributed by atoms with Crippen molar-refractivity contribution >= 4 is 0 Å². The maximum atomic E-state index is 13.6. The van der Waals surface area contributed by atoms with E-state index in [1.54, 1.807) is 18.2 Å². The molecule has 2 aromatic rings. The molecule has 0 aliphatic heterocycles. The van der Waals surface area contributed by atoms with E-state index in [1.807, 2.05) is 13.0 Å². The van der Waals surface area contributed by atoms with E-state index in [-0.39, 0.29) is 11.5 Å². The number of hydrogen-bond donors (Lipinski definition) is 0. The highest BCUT2D eigenvalue weighted by Gasteiger charge is 2.06. The number of aromatic nitrogens is 2. The molecule has 0 unspecified atom stereocenters. The lowest BCUT2D eigenvalue weighted by Gasteiger charge is -2.02. The second-order valence-corrected chi connectivity index (χ2v) is 3.40. The van der Waals surface area contributed by atoms with Gasteiger partial charge in [0.15, 0.2) is 5.69 Å². The van der Waals surface area contributed by atoms with Crippen LogP contribution in [0.2, 0.25) is 0 Å². The highest BCUT2D eigenvalue weighted by Crippen LogP contribution is 2.20. The molecule has 0 aliphatic rings. The molecule has 0 fully saturated rings. The number of benzene rings is 1. The summed E-state index contributed by atoms with van der Waals surface area (Å²) < 4.78 is 13.6. The lowest BCUT2D eigenvalue weighted by Crippen LogP contribution is -1.93. The molecule has 0 radical (unpaired) electrons. The SMILES string of the molecule is Cc1ccc(-c2ccc(C#N)nn2)c(F)c1. The summed E-state index contributed by atoms with van der Waals surface area (Å²) in [6.07, 6.45) is 0. The maximum Gasteiger partial charge on any atom is 0.163 e. The van der Waals surface area contributed by atoms with Gasteiger partial charge in [0.1, 0.15) is 11.9 Å². The molecule has 0 amide bonds. The van der Waals surface area contributed by atoms with Crippen molar-refractivity contribution in [1.82, 2.24) is 10.2 Å². The molecule has 0 saturated carbocycles. The van der Waals surface area contributed by atoms with Crippen molar-refractivity contribution in [3.63, 3.8) is 0 Å². The molecule has 1 aromatic carbocycles. The predicted octanol–water partition coefficient (Wildman–Crippen LogP) is 2.46. The fraction of sp³-hybridized carbons (Fsp3) is 0.0833. The van der Waals surface area contributed by atoms with Crippen LogP contribution in [0.1, 0.15) is 11.3 Å². The van der Waals surface area contributed by atoms with Crippen LogP contribution < -0.4 is 0 Å². The third kappa shape index (κ3) is 1.89. The Hall–Kier alpha value is -2.28. The molecule has 0 atom stereocenters. The van der Waals surface area contributed by atoms with Crippen molar-refractivity contribution in [1.29, 1.82) is 5.26 Å². The van der Waals surface area contributed by atoms with Crippen molar-refractivity contribution in [3.8, 4) is 17.3 Å². The van der Waals surface area contributed by atoms with Gasteiger partial charge in [0, 0.05) is 5.56 Å². The third-order valence-electron chi connectivity index (χ3n) is 2.18. The molecule has 4 heteroatoms. The minimum absolute atomic E-state index is 0.219. The molecule has 1 heterocycles. The minimum Gasteiger partial charge on any atom is -0.206 e.